The van der Waals surface area contributed by atoms with Gasteiger partial charge < -0.3 is 9.72 Å². The van der Waals surface area contributed by atoms with Gasteiger partial charge in [-0.2, -0.15) is 5.26 Å². The number of rotatable bonds is 1. The third-order valence-electron chi connectivity index (χ3n) is 4.00. The van der Waals surface area contributed by atoms with Gasteiger partial charge in [0.25, 0.3) is 0 Å². The lowest BCUT2D eigenvalue weighted by atomic mass is 9.90. The summed E-state index contributed by atoms with van der Waals surface area (Å²) in [6, 6.07) is 15.9. The number of benzene rings is 2. The number of nitrogens with one attached hydrogen (secondary N) is 1. The van der Waals surface area contributed by atoms with E-state index in [1.807, 2.05) is 48.7 Å². The summed E-state index contributed by atoms with van der Waals surface area (Å²) >= 11 is 3.51. The highest BCUT2D eigenvalue weighted by Gasteiger charge is 2.28. The van der Waals surface area contributed by atoms with E-state index in [2.05, 4.69) is 27.0 Å². The van der Waals surface area contributed by atoms with Crippen molar-refractivity contribution in [2.45, 2.75) is 6.23 Å². The molecule has 23 heavy (non-hydrogen) atoms. The Morgan fingerprint density at radius 1 is 1.17 bits per heavy atom. The summed E-state index contributed by atoms with van der Waals surface area (Å²) in [5.74, 6) is 0.693. The van der Waals surface area contributed by atoms with Gasteiger partial charge in [0.15, 0.2) is 6.23 Å². The Morgan fingerprint density at radius 2 is 2.00 bits per heavy atom. The number of aromatic amines is 1. The molecule has 0 aliphatic carbocycles. The molecule has 0 saturated heterocycles. The summed E-state index contributed by atoms with van der Waals surface area (Å²) in [6.45, 7) is 0. The van der Waals surface area contributed by atoms with Crippen LogP contribution in [-0.2, 0) is 0 Å². The minimum absolute atomic E-state index is 0.435. The molecule has 1 aliphatic heterocycles. The number of H-pyrrole nitrogens is 1. The second kappa shape index (κ2) is 5.27. The molecule has 2 heterocycles. The van der Waals surface area contributed by atoms with Crippen molar-refractivity contribution in [2.24, 2.45) is 5.73 Å². The molecule has 0 fully saturated rings. The molecule has 1 aromatic heterocycles. The van der Waals surface area contributed by atoms with Crippen molar-refractivity contribution in [1.29, 1.82) is 5.26 Å². The summed E-state index contributed by atoms with van der Waals surface area (Å²) in [5.41, 5.74) is 10.1. The number of aromatic nitrogens is 1. The number of nitriles is 1. The van der Waals surface area contributed by atoms with Crippen molar-refractivity contribution >= 4 is 32.4 Å². The number of ether oxygens (including phenoxy) is 1. The highest BCUT2D eigenvalue weighted by atomic mass is 79.9. The van der Waals surface area contributed by atoms with Gasteiger partial charge in [-0.25, -0.2) is 0 Å². The van der Waals surface area contributed by atoms with Gasteiger partial charge in [0, 0.05) is 38.3 Å². The first kappa shape index (κ1) is 14.1. The fourth-order valence-corrected chi connectivity index (χ4v) is 3.33. The molecule has 4 nitrogen and oxygen atoms in total. The van der Waals surface area contributed by atoms with Crippen molar-refractivity contribution in [3.63, 3.8) is 0 Å². The maximum Gasteiger partial charge on any atom is 0.184 e. The molecule has 0 amide bonds. The van der Waals surface area contributed by atoms with Crippen LogP contribution in [0, 0.1) is 11.3 Å². The molecule has 3 aromatic rings. The lowest BCUT2D eigenvalue weighted by molar-refractivity contribution is 0.245. The maximum atomic E-state index is 9.60. The van der Waals surface area contributed by atoms with Crippen LogP contribution >= 0.6 is 15.9 Å². The Morgan fingerprint density at radius 3 is 2.83 bits per heavy atom. The summed E-state index contributed by atoms with van der Waals surface area (Å²) in [6.07, 6.45) is 1.15. The average molecular weight is 366 g/mol. The number of nitrogens with two attached hydrogens (primary N) is 1. The van der Waals surface area contributed by atoms with E-state index in [0.29, 0.717) is 11.3 Å². The topological polar surface area (TPSA) is 74.8 Å². The summed E-state index contributed by atoms with van der Waals surface area (Å²) < 4.78 is 6.66. The maximum absolute atomic E-state index is 9.60. The Labute approximate surface area is 141 Å². The van der Waals surface area contributed by atoms with Crippen LogP contribution < -0.4 is 10.5 Å². The third kappa shape index (κ3) is 2.15. The van der Waals surface area contributed by atoms with Gasteiger partial charge >= 0.3 is 0 Å². The van der Waals surface area contributed by atoms with E-state index in [0.717, 1.165) is 32.1 Å². The molecule has 112 valence electrons. The van der Waals surface area contributed by atoms with Crippen molar-refractivity contribution in [1.82, 2.24) is 4.98 Å². The van der Waals surface area contributed by atoms with Crippen LogP contribution in [0.2, 0.25) is 0 Å². The normalized spacial score (nSPS) is 16.8. The molecular formula is C18H12BrN3O. The van der Waals surface area contributed by atoms with Crippen LogP contribution in [-0.4, -0.2) is 11.2 Å². The van der Waals surface area contributed by atoms with E-state index in [1.165, 1.54) is 0 Å². The van der Waals surface area contributed by atoms with Crippen molar-refractivity contribution in [2.75, 3.05) is 0 Å². The molecular weight excluding hydrogens is 354 g/mol. The van der Waals surface area contributed by atoms with Crippen LogP contribution in [0.1, 0.15) is 11.1 Å². The minimum Gasteiger partial charge on any atom is -0.470 e. The van der Waals surface area contributed by atoms with Gasteiger partial charge in [-0.3, -0.25) is 5.73 Å². The number of hydrogen-bond acceptors (Lipinski definition) is 3. The Kier molecular flexibility index (Phi) is 3.22. The summed E-state index contributed by atoms with van der Waals surface area (Å²) in [7, 11) is 0. The summed E-state index contributed by atoms with van der Waals surface area (Å²) in [5, 5.41) is 10.6. The van der Waals surface area contributed by atoms with Crippen LogP contribution in [0.15, 0.2) is 58.7 Å². The third-order valence-corrected chi connectivity index (χ3v) is 4.49. The van der Waals surface area contributed by atoms with Gasteiger partial charge in [-0.1, -0.05) is 34.1 Å². The largest absolute Gasteiger partial charge is 0.470 e. The van der Waals surface area contributed by atoms with E-state index in [-0.39, 0.29) is 0 Å². The zero-order chi connectivity index (χ0) is 16.0. The van der Waals surface area contributed by atoms with Crippen LogP contribution in [0.3, 0.4) is 0 Å². The van der Waals surface area contributed by atoms with Gasteiger partial charge in [0.05, 0.1) is 5.57 Å². The van der Waals surface area contributed by atoms with Gasteiger partial charge in [0.1, 0.15) is 11.8 Å². The molecule has 0 spiro atoms. The molecule has 0 saturated carbocycles. The molecule has 0 unspecified atom stereocenters. The van der Waals surface area contributed by atoms with Crippen molar-refractivity contribution in [3.8, 4) is 11.8 Å². The van der Waals surface area contributed by atoms with Crippen LogP contribution in [0.4, 0.5) is 0 Å². The molecule has 3 N–H and O–H groups in total. The van der Waals surface area contributed by atoms with Crippen LogP contribution in [0.25, 0.3) is 16.5 Å². The number of halogens is 1. The Hall–Kier alpha value is -2.55. The van der Waals surface area contributed by atoms with E-state index in [4.69, 9.17) is 10.5 Å². The van der Waals surface area contributed by atoms with Crippen molar-refractivity contribution < 1.29 is 4.74 Å². The average Bonchev–Trinajstić information content (AvgIpc) is 2.96. The van der Waals surface area contributed by atoms with Crippen molar-refractivity contribution in [3.05, 3.63) is 69.8 Å². The quantitative estimate of drug-likeness (QED) is 0.685. The first-order valence-corrected chi connectivity index (χ1v) is 7.91. The SMILES string of the molecule is N#CC1=C(c2c[nH]c3ccc(Br)cc23)c2ccccc2O[C@@H]1N. The Balaban J connectivity index is 2.07. The standard InChI is InChI=1S/C18H12BrN3O/c19-10-5-6-15-12(7-10)14(9-22-15)17-11-3-1-2-4-16(11)23-18(21)13(17)8-20/h1-7,9,18,22H,21H2/t18-/m0/s1. The molecule has 4 rings (SSSR count). The first-order valence-electron chi connectivity index (χ1n) is 7.12. The summed E-state index contributed by atoms with van der Waals surface area (Å²) in [4.78, 5) is 3.26. The smallest absolute Gasteiger partial charge is 0.184 e. The van der Waals surface area contributed by atoms with E-state index < -0.39 is 6.23 Å². The predicted octanol–water partition coefficient (Wildman–Crippen LogP) is 3.93. The highest BCUT2D eigenvalue weighted by Crippen LogP contribution is 2.41. The number of fused-ring (bicyclic) bond motifs is 2. The zero-order valence-corrected chi connectivity index (χ0v) is 13.6. The van der Waals surface area contributed by atoms with Gasteiger partial charge in [0.2, 0.25) is 0 Å². The fraction of sp³-hybridized carbons (Fsp3) is 0.0556. The second-order valence-corrected chi connectivity index (χ2v) is 6.24. The first-order chi connectivity index (χ1) is 11.2. The van der Waals surface area contributed by atoms with Crippen LogP contribution in [0.5, 0.6) is 5.75 Å². The second-order valence-electron chi connectivity index (χ2n) is 5.33. The molecule has 2 aromatic carbocycles. The molecule has 0 bridgehead atoms. The predicted molar refractivity (Wildman–Crippen MR) is 92.7 cm³/mol. The highest BCUT2D eigenvalue weighted by molar-refractivity contribution is 9.10. The van der Waals surface area contributed by atoms with Gasteiger partial charge in [-0.15, -0.1) is 0 Å². The lowest BCUT2D eigenvalue weighted by Crippen LogP contribution is -2.32. The van der Waals surface area contributed by atoms with E-state index in [1.54, 1.807) is 0 Å². The van der Waals surface area contributed by atoms with E-state index >= 15 is 0 Å². The zero-order valence-electron chi connectivity index (χ0n) is 12.0. The molecule has 1 aliphatic rings. The van der Waals surface area contributed by atoms with Gasteiger partial charge in [-0.05, 0) is 24.3 Å². The molecule has 5 heteroatoms. The number of hydrogen-bond donors (Lipinski definition) is 2. The number of nitrogens with zero attached hydrogens (tertiary/aromatic N) is 1. The number of para-hydroxylation sites is 1. The Bertz CT molecular complexity index is 997. The minimum atomic E-state index is -0.762. The molecule has 0 radical (unpaired) electrons. The van der Waals surface area contributed by atoms with E-state index in [9.17, 15) is 5.26 Å². The monoisotopic (exact) mass is 365 g/mol. The lowest BCUT2D eigenvalue weighted by Gasteiger charge is -2.25. The fourth-order valence-electron chi connectivity index (χ4n) is 2.97. The molecule has 1 atom stereocenters.